The molecule has 1 fully saturated rings. The van der Waals surface area contributed by atoms with E-state index in [9.17, 15) is 9.59 Å². The number of hydrogen-bond donors (Lipinski definition) is 0. The first-order chi connectivity index (χ1) is 14.2. The van der Waals surface area contributed by atoms with Crippen LogP contribution in [0.2, 0.25) is 0 Å². The van der Waals surface area contributed by atoms with Crippen molar-refractivity contribution in [1.29, 1.82) is 0 Å². The summed E-state index contributed by atoms with van der Waals surface area (Å²) < 4.78 is 5.13. The first-order valence-electron chi connectivity index (χ1n) is 9.58. The molecule has 1 saturated heterocycles. The molecule has 1 aliphatic heterocycles. The molecule has 0 bridgehead atoms. The van der Waals surface area contributed by atoms with E-state index in [0.29, 0.717) is 6.42 Å². The van der Waals surface area contributed by atoms with Crippen molar-refractivity contribution in [3.8, 4) is 11.1 Å². The van der Waals surface area contributed by atoms with Gasteiger partial charge >= 0.3 is 6.09 Å². The molecule has 0 saturated carbocycles. The molecular formula is C25H21NO3. The quantitative estimate of drug-likeness (QED) is 0.585. The van der Waals surface area contributed by atoms with Gasteiger partial charge in [0.2, 0.25) is 0 Å². The third kappa shape index (κ3) is 4.43. The van der Waals surface area contributed by atoms with Crippen molar-refractivity contribution < 1.29 is 14.3 Å². The lowest BCUT2D eigenvalue weighted by atomic mass is 10.0. The molecule has 4 heteroatoms. The first kappa shape index (κ1) is 18.7. The van der Waals surface area contributed by atoms with Crippen LogP contribution in [0.4, 0.5) is 4.79 Å². The number of hydrogen-bond acceptors (Lipinski definition) is 3. The van der Waals surface area contributed by atoms with Crippen LogP contribution < -0.4 is 0 Å². The molecule has 29 heavy (non-hydrogen) atoms. The molecule has 0 aromatic heterocycles. The Hall–Kier alpha value is -3.66. The highest BCUT2D eigenvalue weighted by atomic mass is 16.6. The van der Waals surface area contributed by atoms with E-state index in [4.69, 9.17) is 4.74 Å². The molecule has 0 spiro atoms. The van der Waals surface area contributed by atoms with E-state index in [1.54, 1.807) is 6.08 Å². The van der Waals surface area contributed by atoms with Crippen molar-refractivity contribution in [2.75, 3.05) is 6.61 Å². The second kappa shape index (κ2) is 8.57. The number of amides is 2. The van der Waals surface area contributed by atoms with Gasteiger partial charge in [-0.1, -0.05) is 78.9 Å². The zero-order chi connectivity index (χ0) is 20.1. The number of imide groups is 1. The summed E-state index contributed by atoms with van der Waals surface area (Å²) in [5.74, 6) is -0.362. The highest BCUT2D eigenvalue weighted by Gasteiger charge is 2.36. The van der Waals surface area contributed by atoms with Gasteiger partial charge in [-0.2, -0.15) is 0 Å². The van der Waals surface area contributed by atoms with Crippen molar-refractivity contribution in [2.45, 2.75) is 12.5 Å². The summed E-state index contributed by atoms with van der Waals surface area (Å²) >= 11 is 0. The Morgan fingerprint density at radius 2 is 1.62 bits per heavy atom. The van der Waals surface area contributed by atoms with Gasteiger partial charge in [-0.3, -0.25) is 4.79 Å². The average Bonchev–Trinajstić information content (AvgIpc) is 3.13. The highest BCUT2D eigenvalue weighted by molar-refractivity contribution is 6.02. The maximum atomic E-state index is 12.7. The van der Waals surface area contributed by atoms with Crippen LogP contribution in [0.25, 0.3) is 17.2 Å². The summed E-state index contributed by atoms with van der Waals surface area (Å²) in [5.41, 5.74) is 4.14. The van der Waals surface area contributed by atoms with Crippen molar-refractivity contribution in [1.82, 2.24) is 4.90 Å². The molecule has 1 heterocycles. The van der Waals surface area contributed by atoms with Crippen LogP contribution in [-0.2, 0) is 16.0 Å². The number of carbonyl (C=O) groups excluding carboxylic acids is 2. The van der Waals surface area contributed by atoms with Crippen LogP contribution in [-0.4, -0.2) is 29.5 Å². The van der Waals surface area contributed by atoms with Crippen molar-refractivity contribution in [2.24, 2.45) is 0 Å². The van der Waals surface area contributed by atoms with Crippen molar-refractivity contribution >= 4 is 18.1 Å². The van der Waals surface area contributed by atoms with Crippen LogP contribution in [0.15, 0.2) is 91.0 Å². The molecule has 1 atom stereocenters. The summed E-state index contributed by atoms with van der Waals surface area (Å²) in [7, 11) is 0. The van der Waals surface area contributed by atoms with Gasteiger partial charge in [0.25, 0.3) is 5.91 Å². The molecule has 0 aliphatic carbocycles. The van der Waals surface area contributed by atoms with E-state index < -0.39 is 6.09 Å². The van der Waals surface area contributed by atoms with E-state index in [2.05, 4.69) is 0 Å². The lowest BCUT2D eigenvalue weighted by molar-refractivity contribution is -0.124. The Morgan fingerprint density at radius 3 is 2.38 bits per heavy atom. The van der Waals surface area contributed by atoms with Gasteiger partial charge in [-0.25, -0.2) is 9.69 Å². The van der Waals surface area contributed by atoms with Crippen LogP contribution in [0.5, 0.6) is 0 Å². The summed E-state index contributed by atoms with van der Waals surface area (Å²) in [5, 5.41) is 0. The van der Waals surface area contributed by atoms with Crippen LogP contribution in [0.1, 0.15) is 11.1 Å². The van der Waals surface area contributed by atoms with E-state index in [1.165, 1.54) is 11.0 Å². The highest BCUT2D eigenvalue weighted by Crippen LogP contribution is 2.21. The fourth-order valence-corrected chi connectivity index (χ4v) is 3.47. The Bertz CT molecular complexity index is 1030. The number of cyclic esters (lactones) is 1. The predicted octanol–water partition coefficient (Wildman–Crippen LogP) is 4.96. The molecule has 4 nitrogen and oxygen atoms in total. The van der Waals surface area contributed by atoms with Gasteiger partial charge in [0, 0.05) is 6.08 Å². The Kier molecular flexibility index (Phi) is 5.52. The zero-order valence-electron chi connectivity index (χ0n) is 15.9. The lowest BCUT2D eigenvalue weighted by Crippen LogP contribution is -2.39. The van der Waals surface area contributed by atoms with Gasteiger partial charge in [0.05, 0.1) is 6.04 Å². The van der Waals surface area contributed by atoms with Crippen LogP contribution in [0.3, 0.4) is 0 Å². The SMILES string of the molecule is O=C(/C=C/c1cccc(-c2ccccc2)c1)N1C(=O)OCC1Cc1ccccc1. The Morgan fingerprint density at radius 1 is 0.931 bits per heavy atom. The standard InChI is InChI=1S/C25H21NO3/c27-24(26-23(18-29-25(26)28)17-19-8-3-1-4-9-19)15-14-20-10-7-13-22(16-20)21-11-5-2-6-12-21/h1-16,23H,17-18H2/b15-14+. The molecule has 3 aromatic rings. The molecule has 0 radical (unpaired) electrons. The molecule has 0 N–H and O–H groups in total. The minimum absolute atomic E-state index is 0.219. The minimum Gasteiger partial charge on any atom is -0.447 e. The van der Waals surface area contributed by atoms with Crippen LogP contribution in [0, 0.1) is 0 Å². The van der Waals surface area contributed by atoms with Crippen molar-refractivity contribution in [3.05, 3.63) is 102 Å². The Labute approximate surface area is 170 Å². The third-order valence-electron chi connectivity index (χ3n) is 4.92. The number of ether oxygens (including phenoxy) is 1. The second-order valence-electron chi connectivity index (χ2n) is 6.95. The van der Waals surface area contributed by atoms with E-state index in [1.807, 2.05) is 84.9 Å². The topological polar surface area (TPSA) is 46.6 Å². The van der Waals surface area contributed by atoms with Gasteiger partial charge in [0.15, 0.2) is 0 Å². The predicted molar refractivity (Wildman–Crippen MR) is 113 cm³/mol. The minimum atomic E-state index is -0.585. The molecule has 3 aromatic carbocycles. The fraction of sp³-hybridized carbons (Fsp3) is 0.120. The van der Waals surface area contributed by atoms with Crippen LogP contribution >= 0.6 is 0 Å². The first-order valence-corrected chi connectivity index (χ1v) is 9.58. The third-order valence-corrected chi connectivity index (χ3v) is 4.92. The fourth-order valence-electron chi connectivity index (χ4n) is 3.47. The smallest absolute Gasteiger partial charge is 0.417 e. The van der Waals surface area contributed by atoms with E-state index in [-0.39, 0.29) is 18.6 Å². The van der Waals surface area contributed by atoms with E-state index in [0.717, 1.165) is 22.3 Å². The van der Waals surface area contributed by atoms with Crippen molar-refractivity contribution in [3.63, 3.8) is 0 Å². The summed E-state index contributed by atoms with van der Waals surface area (Å²) in [6.07, 6.45) is 3.17. The Balaban J connectivity index is 1.49. The lowest BCUT2D eigenvalue weighted by Gasteiger charge is -2.18. The normalized spacial score (nSPS) is 16.2. The molecule has 4 rings (SSSR count). The monoisotopic (exact) mass is 383 g/mol. The summed E-state index contributed by atoms with van der Waals surface area (Å²) in [6, 6.07) is 27.5. The number of carbonyl (C=O) groups is 2. The van der Waals surface area contributed by atoms with Gasteiger partial charge in [0.1, 0.15) is 6.61 Å². The largest absolute Gasteiger partial charge is 0.447 e. The number of benzene rings is 3. The molecule has 2 amide bonds. The maximum Gasteiger partial charge on any atom is 0.417 e. The van der Waals surface area contributed by atoms with Gasteiger partial charge in [-0.15, -0.1) is 0 Å². The zero-order valence-corrected chi connectivity index (χ0v) is 15.9. The summed E-state index contributed by atoms with van der Waals surface area (Å²) in [4.78, 5) is 26.1. The molecular weight excluding hydrogens is 362 g/mol. The van der Waals surface area contributed by atoms with Gasteiger partial charge in [-0.05, 0) is 40.8 Å². The number of nitrogens with zero attached hydrogens (tertiary/aromatic N) is 1. The second-order valence-corrected chi connectivity index (χ2v) is 6.95. The van der Waals surface area contributed by atoms with E-state index >= 15 is 0 Å². The summed E-state index contributed by atoms with van der Waals surface area (Å²) in [6.45, 7) is 0.219. The number of rotatable bonds is 5. The molecule has 144 valence electrons. The molecule has 1 aliphatic rings. The molecule has 1 unspecified atom stereocenters. The maximum absolute atomic E-state index is 12.7. The average molecular weight is 383 g/mol. The van der Waals surface area contributed by atoms with Gasteiger partial charge < -0.3 is 4.74 Å².